The molecule has 1 aromatic carbocycles. The third-order valence-electron chi connectivity index (χ3n) is 3.42. The number of aryl methyl sites for hydroxylation is 2. The molecule has 116 valence electrons. The molecule has 0 saturated carbocycles. The average molecular weight is 329 g/mol. The lowest BCUT2D eigenvalue weighted by molar-refractivity contribution is -0.360. The van der Waals surface area contributed by atoms with Gasteiger partial charge in [-0.1, -0.05) is 35.0 Å². The van der Waals surface area contributed by atoms with E-state index in [1.807, 2.05) is 31.2 Å². The van der Waals surface area contributed by atoms with E-state index in [9.17, 15) is 4.79 Å². The van der Waals surface area contributed by atoms with Crippen molar-refractivity contribution in [3.05, 3.63) is 64.5 Å². The van der Waals surface area contributed by atoms with Gasteiger partial charge in [0, 0.05) is 11.6 Å². The van der Waals surface area contributed by atoms with Crippen molar-refractivity contribution in [3.63, 3.8) is 0 Å². The van der Waals surface area contributed by atoms with E-state index >= 15 is 0 Å². The maximum atomic E-state index is 12.6. The number of halogens is 1. The molecule has 23 heavy (non-hydrogen) atoms. The highest BCUT2D eigenvalue weighted by molar-refractivity contribution is 6.33. The number of benzene rings is 1. The van der Waals surface area contributed by atoms with Crippen LogP contribution in [0.1, 0.15) is 21.7 Å². The Morgan fingerprint density at radius 1 is 1.26 bits per heavy atom. The van der Waals surface area contributed by atoms with E-state index in [2.05, 4.69) is 15.5 Å². The lowest BCUT2D eigenvalue weighted by atomic mass is 10.1. The number of hydrogen-bond donors (Lipinski definition) is 1. The van der Waals surface area contributed by atoms with Gasteiger partial charge in [-0.15, -0.1) is 0 Å². The second-order valence-electron chi connectivity index (χ2n) is 5.18. The zero-order valence-corrected chi connectivity index (χ0v) is 13.4. The normalized spacial score (nSPS) is 10.6. The first-order valence-corrected chi connectivity index (χ1v) is 7.45. The van der Waals surface area contributed by atoms with Gasteiger partial charge in [0.2, 0.25) is 0 Å². The summed E-state index contributed by atoms with van der Waals surface area (Å²) in [5.74, 6) is 0.728. The highest BCUT2D eigenvalue weighted by Gasteiger charge is 2.26. The van der Waals surface area contributed by atoms with Crippen LogP contribution >= 0.6 is 11.6 Å². The maximum absolute atomic E-state index is 12.6. The standard InChI is InChI=1S/C17H14ClN3O2/c1-10-7-8-19-14(9-10)20-17(22)15-11(2)23-21-16(15)12-5-3-4-6-13(12)18/h3-9H,1-2H3,(H,19,20,22)/p+1. The molecule has 2 N–H and O–H groups in total. The number of H-pyrrole nitrogens is 1. The number of anilines is 1. The summed E-state index contributed by atoms with van der Waals surface area (Å²) in [6.07, 6.45) is 1.76. The fraction of sp³-hybridized carbons (Fsp3) is 0.118. The Bertz CT molecular complexity index is 874. The minimum atomic E-state index is -0.305. The summed E-state index contributed by atoms with van der Waals surface area (Å²) < 4.78 is 5.21. The number of carbonyl (C=O) groups excluding carboxylic acids is 1. The zero-order valence-electron chi connectivity index (χ0n) is 12.7. The largest absolute Gasteiger partial charge is 0.360 e. The highest BCUT2D eigenvalue weighted by Crippen LogP contribution is 2.31. The van der Waals surface area contributed by atoms with Gasteiger partial charge < -0.3 is 4.52 Å². The summed E-state index contributed by atoms with van der Waals surface area (Å²) in [5, 5.41) is 7.33. The van der Waals surface area contributed by atoms with Crippen LogP contribution in [-0.4, -0.2) is 11.1 Å². The molecular weight excluding hydrogens is 314 g/mol. The van der Waals surface area contributed by atoms with Crippen LogP contribution in [0.15, 0.2) is 47.1 Å². The molecule has 0 bridgehead atoms. The Morgan fingerprint density at radius 2 is 2.04 bits per heavy atom. The minimum Gasteiger partial charge on any atom is -0.360 e. The van der Waals surface area contributed by atoms with E-state index in [0.29, 0.717) is 33.4 Å². The number of carbonyl (C=O) groups is 1. The molecule has 2 aromatic heterocycles. The third-order valence-corrected chi connectivity index (χ3v) is 3.75. The van der Waals surface area contributed by atoms with Crippen LogP contribution in [0.5, 0.6) is 0 Å². The summed E-state index contributed by atoms with van der Waals surface area (Å²) in [6.45, 7) is 3.64. The van der Waals surface area contributed by atoms with E-state index in [1.54, 1.807) is 25.3 Å². The summed E-state index contributed by atoms with van der Waals surface area (Å²) in [7, 11) is 0. The van der Waals surface area contributed by atoms with Crippen molar-refractivity contribution in [2.45, 2.75) is 13.8 Å². The van der Waals surface area contributed by atoms with Crippen molar-refractivity contribution in [2.24, 2.45) is 0 Å². The topological polar surface area (TPSA) is 69.3 Å². The van der Waals surface area contributed by atoms with Gasteiger partial charge in [-0.3, -0.25) is 0 Å². The van der Waals surface area contributed by atoms with E-state index in [1.165, 1.54) is 0 Å². The number of pyridine rings is 1. The summed E-state index contributed by atoms with van der Waals surface area (Å²) >= 11 is 6.21. The van der Waals surface area contributed by atoms with Crippen molar-refractivity contribution in [1.29, 1.82) is 0 Å². The number of nitrogens with zero attached hydrogens (tertiary/aromatic N) is 1. The molecule has 0 saturated heterocycles. The second-order valence-corrected chi connectivity index (χ2v) is 5.58. The van der Waals surface area contributed by atoms with Gasteiger partial charge in [0.25, 0.3) is 5.82 Å². The number of aromatic amines is 1. The molecule has 2 heterocycles. The van der Waals surface area contributed by atoms with Crippen molar-refractivity contribution in [1.82, 2.24) is 5.16 Å². The first-order chi connectivity index (χ1) is 11.1. The number of hydrogen-bond acceptors (Lipinski definition) is 3. The SMILES string of the molecule is Cc1cc[nH+]c(NC(=O)c2c(-c3ccccc3Cl)noc2C)c1. The quantitative estimate of drug-likeness (QED) is 0.797. The first-order valence-electron chi connectivity index (χ1n) is 7.07. The van der Waals surface area contributed by atoms with Gasteiger partial charge >= 0.3 is 5.91 Å². The lowest BCUT2D eigenvalue weighted by Crippen LogP contribution is -2.20. The molecule has 3 rings (SSSR count). The van der Waals surface area contributed by atoms with Gasteiger partial charge in [-0.05, 0) is 31.5 Å². The minimum absolute atomic E-state index is 0.305. The highest BCUT2D eigenvalue weighted by atomic mass is 35.5. The molecule has 0 spiro atoms. The Balaban J connectivity index is 1.99. The van der Waals surface area contributed by atoms with E-state index in [4.69, 9.17) is 16.1 Å². The molecule has 0 fully saturated rings. The molecule has 0 radical (unpaired) electrons. The lowest BCUT2D eigenvalue weighted by Gasteiger charge is -2.02. The Hall–Kier alpha value is -2.66. The van der Waals surface area contributed by atoms with E-state index in [-0.39, 0.29) is 5.91 Å². The molecule has 5 nitrogen and oxygen atoms in total. The maximum Gasteiger partial charge on any atom is 0.344 e. The zero-order chi connectivity index (χ0) is 16.4. The fourth-order valence-corrected chi connectivity index (χ4v) is 2.54. The smallest absolute Gasteiger partial charge is 0.344 e. The van der Waals surface area contributed by atoms with Gasteiger partial charge in [-0.2, -0.15) is 0 Å². The van der Waals surface area contributed by atoms with Crippen LogP contribution in [0, 0.1) is 13.8 Å². The van der Waals surface area contributed by atoms with Crippen molar-refractivity contribution in [3.8, 4) is 11.3 Å². The molecule has 3 aromatic rings. The molecule has 1 amide bonds. The number of aromatic nitrogens is 2. The monoisotopic (exact) mass is 328 g/mol. The van der Waals surface area contributed by atoms with Crippen LogP contribution in [0.3, 0.4) is 0 Å². The van der Waals surface area contributed by atoms with Gasteiger partial charge in [-0.25, -0.2) is 15.1 Å². The van der Waals surface area contributed by atoms with Gasteiger partial charge in [0.1, 0.15) is 17.0 Å². The van der Waals surface area contributed by atoms with Crippen LogP contribution in [-0.2, 0) is 0 Å². The summed E-state index contributed by atoms with van der Waals surface area (Å²) in [6, 6.07) is 11.0. The third kappa shape index (κ3) is 3.10. The first kappa shape index (κ1) is 15.2. The summed E-state index contributed by atoms with van der Waals surface area (Å²) in [4.78, 5) is 15.6. The predicted octanol–water partition coefficient (Wildman–Crippen LogP) is 3.68. The van der Waals surface area contributed by atoms with Crippen molar-refractivity contribution in [2.75, 3.05) is 5.32 Å². The molecular formula is C17H15ClN3O2+. The van der Waals surface area contributed by atoms with E-state index in [0.717, 1.165) is 5.56 Å². The Labute approximate surface area is 138 Å². The molecule has 6 heteroatoms. The second kappa shape index (κ2) is 6.22. The number of rotatable bonds is 3. The van der Waals surface area contributed by atoms with Crippen LogP contribution in [0.2, 0.25) is 5.02 Å². The molecule has 0 unspecified atom stereocenters. The molecule has 0 atom stereocenters. The van der Waals surface area contributed by atoms with Crippen molar-refractivity contribution < 1.29 is 14.3 Å². The molecule has 0 aliphatic rings. The van der Waals surface area contributed by atoms with Crippen LogP contribution in [0.4, 0.5) is 5.82 Å². The predicted molar refractivity (Wildman–Crippen MR) is 87.4 cm³/mol. The number of nitrogens with one attached hydrogen (secondary N) is 2. The van der Waals surface area contributed by atoms with Gasteiger partial charge in [0.15, 0.2) is 0 Å². The van der Waals surface area contributed by atoms with E-state index < -0.39 is 0 Å². The van der Waals surface area contributed by atoms with Crippen LogP contribution in [0.25, 0.3) is 11.3 Å². The fourth-order valence-electron chi connectivity index (χ4n) is 2.31. The Morgan fingerprint density at radius 3 is 2.78 bits per heavy atom. The summed E-state index contributed by atoms with van der Waals surface area (Å²) in [5.41, 5.74) is 2.49. The Kier molecular flexibility index (Phi) is 4.12. The van der Waals surface area contributed by atoms with Gasteiger partial charge in [0.05, 0.1) is 11.2 Å². The number of amides is 1. The van der Waals surface area contributed by atoms with Crippen molar-refractivity contribution >= 4 is 23.3 Å². The molecule has 0 aliphatic heterocycles. The van der Waals surface area contributed by atoms with Crippen LogP contribution < -0.4 is 10.3 Å². The average Bonchev–Trinajstić information content (AvgIpc) is 2.89. The molecule has 0 aliphatic carbocycles.